The Morgan fingerprint density at radius 3 is 2.29 bits per heavy atom. The molecule has 3 N–H and O–H groups in total. The summed E-state index contributed by atoms with van der Waals surface area (Å²) in [4.78, 5) is 40.9. The summed E-state index contributed by atoms with van der Waals surface area (Å²) in [5.74, 6) is 0.164. The number of carbonyl (C=O) groups is 2. The van der Waals surface area contributed by atoms with Crippen molar-refractivity contribution in [3.63, 3.8) is 0 Å². The number of aliphatic hydroxyl groups is 1. The van der Waals surface area contributed by atoms with Gasteiger partial charge in [0.15, 0.2) is 0 Å². The second kappa shape index (κ2) is 18.8. The number of hydrogen-bond donors (Lipinski definition) is 3. The minimum atomic E-state index is -1.12. The smallest absolute Gasteiger partial charge is 0.414 e. The van der Waals surface area contributed by atoms with E-state index in [9.17, 15) is 14.7 Å². The number of imidazole rings is 2. The van der Waals surface area contributed by atoms with Crippen molar-refractivity contribution in [3.05, 3.63) is 108 Å². The van der Waals surface area contributed by atoms with E-state index in [0.717, 1.165) is 36.8 Å². The summed E-state index contributed by atoms with van der Waals surface area (Å²) < 4.78 is 19.7. The van der Waals surface area contributed by atoms with Crippen LogP contribution in [-0.4, -0.2) is 65.9 Å². The van der Waals surface area contributed by atoms with Crippen LogP contribution in [0.1, 0.15) is 88.0 Å². The molecule has 1 fully saturated rings. The predicted molar refractivity (Wildman–Crippen MR) is 192 cm³/mol. The van der Waals surface area contributed by atoms with Crippen LogP contribution in [0.3, 0.4) is 0 Å². The van der Waals surface area contributed by atoms with Crippen molar-refractivity contribution in [1.29, 1.82) is 0 Å². The zero-order valence-electron chi connectivity index (χ0n) is 29.9. The summed E-state index contributed by atoms with van der Waals surface area (Å²) in [5.41, 5.74) is 1.89. The fourth-order valence-electron chi connectivity index (χ4n) is 6.63. The molecule has 12 nitrogen and oxygen atoms in total. The Morgan fingerprint density at radius 2 is 1.67 bits per heavy atom. The highest BCUT2D eigenvalue weighted by Gasteiger charge is 2.40. The van der Waals surface area contributed by atoms with E-state index in [4.69, 9.17) is 14.2 Å². The van der Waals surface area contributed by atoms with Gasteiger partial charge in [-0.3, -0.25) is 15.0 Å². The first-order chi connectivity index (χ1) is 24.7. The number of aromatic amines is 1. The van der Waals surface area contributed by atoms with Crippen molar-refractivity contribution in [2.45, 2.75) is 109 Å². The molecular weight excluding hydrogens is 648 g/mol. The van der Waals surface area contributed by atoms with Crippen LogP contribution in [0.4, 0.5) is 4.79 Å². The van der Waals surface area contributed by atoms with Gasteiger partial charge >= 0.3 is 6.09 Å². The van der Waals surface area contributed by atoms with Gasteiger partial charge in [-0.05, 0) is 44.2 Å². The van der Waals surface area contributed by atoms with Crippen LogP contribution in [0.15, 0.2) is 85.6 Å². The first kappa shape index (κ1) is 37.9. The molecule has 2 aromatic carbocycles. The van der Waals surface area contributed by atoms with Crippen LogP contribution in [0.25, 0.3) is 0 Å². The third-order valence-corrected chi connectivity index (χ3v) is 9.09. The van der Waals surface area contributed by atoms with Crippen molar-refractivity contribution < 1.29 is 28.9 Å². The minimum absolute atomic E-state index is 0.00486. The monoisotopic (exact) mass is 700 g/mol. The number of hydrogen-bond acceptors (Lipinski definition) is 9. The average molecular weight is 701 g/mol. The zero-order valence-corrected chi connectivity index (χ0v) is 29.9. The fraction of sp³-hybridized carbons (Fsp3) is 0.487. The lowest BCUT2D eigenvalue weighted by atomic mass is 9.82. The molecule has 0 bridgehead atoms. The highest BCUT2D eigenvalue weighted by atomic mass is 16.6. The predicted octanol–water partition coefficient (Wildman–Crippen LogP) is 6.29. The largest absolute Gasteiger partial charge is 0.444 e. The van der Waals surface area contributed by atoms with E-state index in [2.05, 4.69) is 20.3 Å². The van der Waals surface area contributed by atoms with E-state index < -0.39 is 35.8 Å². The van der Waals surface area contributed by atoms with Gasteiger partial charge in [0, 0.05) is 36.7 Å². The molecule has 2 heterocycles. The molecule has 2 aromatic heterocycles. The number of alkyl carbamates (subject to hydrolysis) is 1. The third kappa shape index (κ3) is 11.9. The summed E-state index contributed by atoms with van der Waals surface area (Å²) in [6.45, 7) is 6.08. The lowest BCUT2D eigenvalue weighted by Gasteiger charge is -2.41. The molecule has 0 unspecified atom stereocenters. The molecule has 0 saturated heterocycles. The van der Waals surface area contributed by atoms with E-state index in [1.165, 1.54) is 6.42 Å². The molecule has 2 amide bonds. The first-order valence-electron chi connectivity index (χ1n) is 17.9. The summed E-state index contributed by atoms with van der Waals surface area (Å²) in [6, 6.07) is 18.1. The second-order valence-electron chi connectivity index (χ2n) is 14.2. The molecule has 51 heavy (non-hydrogen) atoms. The van der Waals surface area contributed by atoms with Crippen LogP contribution in [0, 0.1) is 5.92 Å². The molecule has 0 radical (unpaired) electrons. The van der Waals surface area contributed by atoms with Gasteiger partial charge in [-0.25, -0.2) is 14.8 Å². The molecular formula is C39H52N6O6. The lowest BCUT2D eigenvalue weighted by molar-refractivity contribution is -0.135. The molecule has 3 atom stereocenters. The third-order valence-electron chi connectivity index (χ3n) is 9.09. The SMILES string of the molecule is CC(C)(C)OC(=O)NC(=O)[C@H](Cc1cnc[nH]1)N(COCc1ccccc1)[C@@H](CC1CCCCC1)[C@@H](O)c1nccn1COCc1ccccc1. The van der Waals surface area contributed by atoms with Gasteiger partial charge in [-0.1, -0.05) is 92.8 Å². The number of rotatable bonds is 17. The Balaban J connectivity index is 1.48. The normalized spacial score (nSPS) is 15.7. The number of aromatic nitrogens is 4. The maximum atomic E-state index is 14.2. The van der Waals surface area contributed by atoms with Gasteiger partial charge in [0.25, 0.3) is 0 Å². The molecule has 4 aromatic rings. The standard InChI is InChI=1S/C39H52N6O6/c1-39(2,3)51-38(48)43-37(47)34(22-32-23-40-26-42-32)45(28-50-25-31-17-11-6-12-18-31)33(21-29-13-7-4-8-14-29)35(46)36-41-19-20-44(36)27-49-24-30-15-9-5-10-16-30/h5-6,9-12,15-20,23,26,29,33-35,46H,4,7-8,13-14,21-22,24-25,27-28H2,1-3H3,(H,40,42)(H,43,47,48)/t33-,34-,35+/m0/s1. The van der Waals surface area contributed by atoms with E-state index in [-0.39, 0.29) is 26.5 Å². The van der Waals surface area contributed by atoms with E-state index in [0.29, 0.717) is 30.5 Å². The highest BCUT2D eigenvalue weighted by Crippen LogP contribution is 2.34. The van der Waals surface area contributed by atoms with Crippen molar-refractivity contribution in [1.82, 2.24) is 29.7 Å². The number of nitrogens with one attached hydrogen (secondary N) is 2. The Labute approximate surface area is 300 Å². The first-order valence-corrected chi connectivity index (χ1v) is 17.9. The fourth-order valence-corrected chi connectivity index (χ4v) is 6.63. The molecule has 1 aliphatic rings. The van der Waals surface area contributed by atoms with E-state index in [1.54, 1.807) is 50.3 Å². The number of nitrogens with zero attached hydrogens (tertiary/aromatic N) is 4. The van der Waals surface area contributed by atoms with Crippen LogP contribution in [0.5, 0.6) is 0 Å². The summed E-state index contributed by atoms with van der Waals surface area (Å²) in [7, 11) is 0. The number of aliphatic hydroxyl groups excluding tert-OH is 1. The van der Waals surface area contributed by atoms with Gasteiger partial charge in [0.05, 0.1) is 25.6 Å². The zero-order chi connectivity index (χ0) is 36.1. The maximum Gasteiger partial charge on any atom is 0.414 e. The van der Waals surface area contributed by atoms with Crippen molar-refractivity contribution in [2.24, 2.45) is 5.92 Å². The number of imide groups is 1. The van der Waals surface area contributed by atoms with Gasteiger partial charge in [-0.2, -0.15) is 0 Å². The Morgan fingerprint density at radius 1 is 1.00 bits per heavy atom. The molecule has 5 rings (SSSR count). The summed E-state index contributed by atoms with van der Waals surface area (Å²) >= 11 is 0. The van der Waals surface area contributed by atoms with Gasteiger partial charge in [-0.15, -0.1) is 0 Å². The summed E-state index contributed by atoms with van der Waals surface area (Å²) in [6.07, 6.45) is 10.9. The number of amides is 2. The van der Waals surface area contributed by atoms with Crippen LogP contribution < -0.4 is 5.32 Å². The molecule has 0 spiro atoms. The molecule has 1 saturated carbocycles. The molecule has 274 valence electrons. The minimum Gasteiger partial charge on any atom is -0.444 e. The van der Waals surface area contributed by atoms with Crippen molar-refractivity contribution in [2.75, 3.05) is 6.73 Å². The Bertz CT molecular complexity index is 1600. The average Bonchev–Trinajstić information content (AvgIpc) is 3.81. The quantitative estimate of drug-likeness (QED) is 0.108. The van der Waals surface area contributed by atoms with Crippen molar-refractivity contribution in [3.8, 4) is 0 Å². The highest BCUT2D eigenvalue weighted by molar-refractivity contribution is 5.95. The summed E-state index contributed by atoms with van der Waals surface area (Å²) in [5, 5.41) is 14.9. The van der Waals surface area contributed by atoms with Crippen LogP contribution in [-0.2, 0) is 45.4 Å². The second-order valence-corrected chi connectivity index (χ2v) is 14.2. The molecule has 12 heteroatoms. The van der Waals surface area contributed by atoms with E-state index >= 15 is 0 Å². The number of ether oxygens (including phenoxy) is 3. The topological polar surface area (TPSA) is 144 Å². The van der Waals surface area contributed by atoms with Crippen LogP contribution >= 0.6 is 0 Å². The lowest BCUT2D eigenvalue weighted by Crippen LogP contribution is -2.56. The van der Waals surface area contributed by atoms with Gasteiger partial charge in [0.2, 0.25) is 5.91 Å². The van der Waals surface area contributed by atoms with Crippen LogP contribution in [0.2, 0.25) is 0 Å². The Kier molecular flexibility index (Phi) is 13.9. The Hall–Kier alpha value is -4.36. The number of carbonyl (C=O) groups excluding carboxylic acids is 2. The van der Waals surface area contributed by atoms with Gasteiger partial charge < -0.3 is 28.9 Å². The van der Waals surface area contributed by atoms with Gasteiger partial charge in [0.1, 0.15) is 31.0 Å². The molecule has 1 aliphatic carbocycles. The number of H-pyrrole nitrogens is 1. The molecule has 0 aliphatic heterocycles. The van der Waals surface area contributed by atoms with E-state index in [1.807, 2.05) is 65.6 Å². The number of benzene rings is 2. The maximum absolute atomic E-state index is 14.2. The van der Waals surface area contributed by atoms with Crippen molar-refractivity contribution >= 4 is 12.0 Å².